The van der Waals surface area contributed by atoms with Gasteiger partial charge in [0.05, 0.1) is 7.11 Å². The monoisotopic (exact) mass is 687 g/mol. The van der Waals surface area contributed by atoms with Crippen molar-refractivity contribution in [2.24, 2.45) is 16.6 Å². The Morgan fingerprint density at radius 2 is 1.34 bits per heavy atom. The normalized spacial score (nSPS) is 14.1. The molecule has 0 aliphatic rings. The average Bonchev–Trinajstić information content (AvgIpc) is 3.08. The van der Waals surface area contributed by atoms with Crippen molar-refractivity contribution < 1.29 is 23.9 Å². The zero-order valence-corrected chi connectivity index (χ0v) is 30.5. The molecule has 0 aliphatic carbocycles. The van der Waals surface area contributed by atoms with Crippen LogP contribution in [0.25, 0.3) is 11.1 Å². The molecule has 6 N–H and O–H groups in total. The Labute approximate surface area is 295 Å². The lowest BCUT2D eigenvalue weighted by Gasteiger charge is -2.37. The van der Waals surface area contributed by atoms with Gasteiger partial charge < -0.3 is 26.4 Å². The molecule has 0 aliphatic heterocycles. The molecule has 1 heterocycles. The second-order valence-electron chi connectivity index (χ2n) is 14.7. The molecule has 1 unspecified atom stereocenters. The first kappa shape index (κ1) is 39.6. The molecule has 1 aromatic heterocycles. The van der Waals surface area contributed by atoms with Gasteiger partial charge in [-0.05, 0) is 58.1 Å². The first-order valence-electron chi connectivity index (χ1n) is 16.7. The number of hydrazine groups is 1. The van der Waals surface area contributed by atoms with Gasteiger partial charge >= 0.3 is 6.09 Å². The summed E-state index contributed by atoms with van der Waals surface area (Å²) in [5, 5.41) is 9.90. The van der Waals surface area contributed by atoms with E-state index < -0.39 is 46.4 Å². The fraction of sp³-hybridized carbons (Fsp3) is 0.447. The predicted molar refractivity (Wildman–Crippen MR) is 194 cm³/mol. The summed E-state index contributed by atoms with van der Waals surface area (Å²) in [4.78, 5) is 57.1. The summed E-state index contributed by atoms with van der Waals surface area (Å²) in [6, 6.07) is 19.4. The molecule has 4 amide bonds. The van der Waals surface area contributed by atoms with Gasteiger partial charge in [-0.25, -0.2) is 9.80 Å². The fourth-order valence-corrected chi connectivity index (χ4v) is 5.49. The van der Waals surface area contributed by atoms with E-state index in [1.165, 1.54) is 14.2 Å². The number of ether oxygens (including phenoxy) is 1. The average molecular weight is 688 g/mol. The molecule has 0 bridgehead atoms. The van der Waals surface area contributed by atoms with Gasteiger partial charge in [0.15, 0.2) is 0 Å². The summed E-state index contributed by atoms with van der Waals surface area (Å²) in [5.41, 5.74) is 11.0. The SMILES string of the molecule is CNC(=O)[C@@H](NC(=O)C(N)(CCN(Cc1ccc(-c2ccncc2)cc1)NC(=O)[C@@H](NC(=O)OC)C(C)(C)C)Cc1ccccc1)C(C)(C)C. The van der Waals surface area contributed by atoms with Crippen LogP contribution < -0.4 is 27.1 Å². The van der Waals surface area contributed by atoms with Gasteiger partial charge in [-0.1, -0.05) is 96.1 Å². The highest BCUT2D eigenvalue weighted by molar-refractivity contribution is 5.92. The van der Waals surface area contributed by atoms with E-state index in [-0.39, 0.29) is 31.8 Å². The number of nitrogens with two attached hydrogens (primary N) is 1. The molecule has 0 saturated heterocycles. The number of carbonyl (C=O) groups is 4. The quantitative estimate of drug-likeness (QED) is 0.159. The Morgan fingerprint density at radius 1 is 0.780 bits per heavy atom. The summed E-state index contributed by atoms with van der Waals surface area (Å²) in [7, 11) is 2.76. The van der Waals surface area contributed by atoms with Crippen molar-refractivity contribution in [3.8, 4) is 11.1 Å². The molecular weight excluding hydrogens is 634 g/mol. The summed E-state index contributed by atoms with van der Waals surface area (Å²) in [6.45, 7) is 11.5. The Balaban J connectivity index is 1.96. The van der Waals surface area contributed by atoms with Crippen LogP contribution in [0.5, 0.6) is 0 Å². The molecule has 2 aromatic carbocycles. The van der Waals surface area contributed by atoms with Crippen molar-refractivity contribution >= 4 is 23.8 Å². The maximum Gasteiger partial charge on any atom is 0.407 e. The lowest BCUT2D eigenvalue weighted by atomic mass is 9.83. The van der Waals surface area contributed by atoms with Crippen molar-refractivity contribution in [2.45, 2.75) is 78.6 Å². The number of benzene rings is 2. The van der Waals surface area contributed by atoms with Gasteiger partial charge in [0.2, 0.25) is 11.8 Å². The van der Waals surface area contributed by atoms with Gasteiger partial charge in [0.25, 0.3) is 5.91 Å². The molecule has 12 heteroatoms. The molecule has 0 fully saturated rings. The summed E-state index contributed by atoms with van der Waals surface area (Å²) in [6.07, 6.45) is 3.03. The third kappa shape index (κ3) is 11.4. The van der Waals surface area contributed by atoms with E-state index in [4.69, 9.17) is 10.5 Å². The van der Waals surface area contributed by atoms with Crippen LogP contribution in [0.4, 0.5) is 4.79 Å². The number of amides is 4. The van der Waals surface area contributed by atoms with Crippen LogP contribution in [-0.2, 0) is 32.1 Å². The van der Waals surface area contributed by atoms with Crippen LogP contribution in [0.1, 0.15) is 59.1 Å². The minimum absolute atomic E-state index is 0.109. The van der Waals surface area contributed by atoms with Crippen LogP contribution in [0.3, 0.4) is 0 Å². The minimum atomic E-state index is -1.47. The highest BCUT2D eigenvalue weighted by atomic mass is 16.5. The molecule has 270 valence electrons. The third-order valence-corrected chi connectivity index (χ3v) is 8.48. The topological polar surface area (TPSA) is 168 Å². The third-order valence-electron chi connectivity index (χ3n) is 8.48. The lowest BCUT2D eigenvalue weighted by Crippen LogP contribution is -2.63. The van der Waals surface area contributed by atoms with Crippen LogP contribution >= 0.6 is 0 Å². The molecular formula is C38H53N7O5. The molecule has 0 radical (unpaired) electrons. The molecule has 3 rings (SSSR count). The van der Waals surface area contributed by atoms with E-state index in [9.17, 15) is 19.2 Å². The van der Waals surface area contributed by atoms with Gasteiger partial charge in [0, 0.05) is 32.5 Å². The highest BCUT2D eigenvalue weighted by Crippen LogP contribution is 2.24. The summed E-state index contributed by atoms with van der Waals surface area (Å²) < 4.78 is 4.79. The predicted octanol–water partition coefficient (Wildman–Crippen LogP) is 3.96. The zero-order chi connectivity index (χ0) is 37.1. The molecule has 3 aromatic rings. The van der Waals surface area contributed by atoms with Crippen LogP contribution in [0.2, 0.25) is 0 Å². The fourth-order valence-electron chi connectivity index (χ4n) is 5.49. The second-order valence-corrected chi connectivity index (χ2v) is 14.7. The van der Waals surface area contributed by atoms with E-state index in [1.807, 2.05) is 108 Å². The van der Waals surface area contributed by atoms with Crippen molar-refractivity contribution in [2.75, 3.05) is 20.7 Å². The number of alkyl carbamates (subject to hydrolysis) is 1. The van der Waals surface area contributed by atoms with Gasteiger partial charge in [-0.15, -0.1) is 0 Å². The van der Waals surface area contributed by atoms with E-state index in [0.29, 0.717) is 0 Å². The zero-order valence-electron chi connectivity index (χ0n) is 30.5. The first-order chi connectivity index (χ1) is 23.5. The molecule has 12 nitrogen and oxygen atoms in total. The van der Waals surface area contributed by atoms with E-state index in [0.717, 1.165) is 22.3 Å². The Morgan fingerprint density at radius 3 is 1.88 bits per heavy atom. The van der Waals surface area contributed by atoms with Gasteiger partial charge in [0.1, 0.15) is 17.6 Å². The number of carbonyl (C=O) groups excluding carboxylic acids is 4. The lowest BCUT2D eigenvalue weighted by molar-refractivity contribution is -0.134. The molecule has 0 saturated carbocycles. The number of nitrogens with zero attached hydrogens (tertiary/aromatic N) is 2. The van der Waals surface area contributed by atoms with Crippen molar-refractivity contribution in [1.29, 1.82) is 0 Å². The number of likely N-dealkylation sites (N-methyl/N-ethyl adjacent to an activating group) is 1. The standard InChI is InChI=1S/C38H53N7O5/c1-36(2,3)30(32(46)40-7)42-34(48)38(39,24-26-12-10-9-11-13-26)20-23-45(44-33(47)31(37(4,5)6)43-35(49)50-8)25-27-14-16-28(17-15-27)29-18-21-41-22-19-29/h9-19,21-22,30-31H,20,23-25,39H2,1-8H3,(H,40,46)(H,42,48)(H,43,49)(H,44,47)/t30-,31-,38?/m1/s1. The van der Waals surface area contributed by atoms with Crippen LogP contribution in [-0.4, -0.2) is 72.1 Å². The van der Waals surface area contributed by atoms with E-state index >= 15 is 0 Å². The Bertz CT molecular complexity index is 1570. The van der Waals surface area contributed by atoms with Crippen molar-refractivity contribution in [3.63, 3.8) is 0 Å². The van der Waals surface area contributed by atoms with Crippen molar-refractivity contribution in [3.05, 3.63) is 90.3 Å². The van der Waals surface area contributed by atoms with E-state index in [2.05, 4.69) is 26.4 Å². The van der Waals surface area contributed by atoms with Crippen molar-refractivity contribution in [1.82, 2.24) is 31.4 Å². The number of hydrogen-bond acceptors (Lipinski definition) is 8. The summed E-state index contributed by atoms with van der Waals surface area (Å²) >= 11 is 0. The molecule has 0 spiro atoms. The summed E-state index contributed by atoms with van der Waals surface area (Å²) in [5.74, 6) is -1.28. The number of aromatic nitrogens is 1. The molecule has 50 heavy (non-hydrogen) atoms. The Kier molecular flexibility index (Phi) is 13.6. The first-order valence-corrected chi connectivity index (χ1v) is 16.7. The molecule has 3 atom stereocenters. The second kappa shape index (κ2) is 17.2. The maximum absolute atomic E-state index is 14.1. The van der Waals surface area contributed by atoms with E-state index in [1.54, 1.807) is 17.4 Å². The minimum Gasteiger partial charge on any atom is -0.453 e. The number of nitrogens with one attached hydrogen (secondary N) is 4. The number of methoxy groups -OCH3 is 1. The number of pyridine rings is 1. The number of rotatable bonds is 14. The van der Waals surface area contributed by atoms with Gasteiger partial charge in [-0.3, -0.25) is 24.8 Å². The smallest absolute Gasteiger partial charge is 0.407 e. The maximum atomic E-state index is 14.1. The highest BCUT2D eigenvalue weighted by Gasteiger charge is 2.40. The number of hydrogen-bond donors (Lipinski definition) is 5. The Hall–Kier alpha value is -4.81. The van der Waals surface area contributed by atoms with Crippen LogP contribution in [0, 0.1) is 10.8 Å². The van der Waals surface area contributed by atoms with Gasteiger partial charge in [-0.2, -0.15) is 0 Å². The largest absolute Gasteiger partial charge is 0.453 e. The van der Waals surface area contributed by atoms with Crippen LogP contribution in [0.15, 0.2) is 79.1 Å².